The van der Waals surface area contributed by atoms with Crippen LogP contribution in [0.15, 0.2) is 23.3 Å². The molecule has 0 bridgehead atoms. The smallest absolute Gasteiger partial charge is 0.193 e. The third kappa shape index (κ3) is 5.51. The summed E-state index contributed by atoms with van der Waals surface area (Å²) in [7, 11) is 4.06. The van der Waals surface area contributed by atoms with Crippen molar-refractivity contribution in [3.05, 3.63) is 23.9 Å². The molecule has 1 aromatic rings. The first-order chi connectivity index (χ1) is 13.1. The minimum absolute atomic E-state index is 0.682. The third-order valence-corrected chi connectivity index (χ3v) is 6.98. The topological polar surface area (TPSA) is 47.0 Å². The van der Waals surface area contributed by atoms with E-state index in [1.807, 2.05) is 13.2 Å². The molecule has 0 saturated carbocycles. The van der Waals surface area contributed by atoms with E-state index in [1.54, 1.807) is 0 Å². The van der Waals surface area contributed by atoms with E-state index in [0.717, 1.165) is 57.6 Å². The van der Waals surface area contributed by atoms with E-state index in [4.69, 9.17) is 0 Å². The molecule has 1 unspecified atom stereocenters. The molecule has 2 fully saturated rings. The van der Waals surface area contributed by atoms with Gasteiger partial charge in [0.05, 0.1) is 0 Å². The van der Waals surface area contributed by atoms with Gasteiger partial charge in [0.15, 0.2) is 5.96 Å². The van der Waals surface area contributed by atoms with Crippen molar-refractivity contribution in [1.82, 2.24) is 20.1 Å². The summed E-state index contributed by atoms with van der Waals surface area (Å²) < 4.78 is 0. The largest absolute Gasteiger partial charge is 0.354 e. The van der Waals surface area contributed by atoms with E-state index in [0.29, 0.717) is 11.2 Å². The zero-order valence-corrected chi connectivity index (χ0v) is 18.0. The number of hydrogen-bond donors (Lipinski definition) is 1. The number of hydrogen-bond acceptors (Lipinski definition) is 5. The molecule has 0 aromatic carbocycles. The molecule has 1 N–H and O–H groups in total. The number of likely N-dealkylation sites (N-methyl/N-ethyl adjacent to an activating group) is 1. The Labute approximate surface area is 168 Å². The van der Waals surface area contributed by atoms with E-state index in [1.165, 1.54) is 11.3 Å². The molecule has 3 rings (SSSR count). The quantitative estimate of drug-likeness (QED) is 0.627. The van der Waals surface area contributed by atoms with E-state index in [9.17, 15) is 0 Å². The van der Waals surface area contributed by atoms with Gasteiger partial charge in [-0.2, -0.15) is 11.8 Å². The minimum atomic E-state index is 0.682. The van der Waals surface area contributed by atoms with Gasteiger partial charge in [-0.15, -0.1) is 0 Å². The predicted molar refractivity (Wildman–Crippen MR) is 117 cm³/mol. The van der Waals surface area contributed by atoms with Crippen LogP contribution in [-0.4, -0.2) is 85.1 Å². The molecule has 27 heavy (non-hydrogen) atoms. The summed E-state index contributed by atoms with van der Waals surface area (Å²) in [6.45, 7) is 11.8. The Bertz CT molecular complexity index is 609. The van der Waals surface area contributed by atoms with Gasteiger partial charge in [0, 0.05) is 70.1 Å². The SMILES string of the molecule is CN=C(NCc1ccc(N2CCN(C)CC2)nc1)N1CCSC(C(C)C)C1. The van der Waals surface area contributed by atoms with Gasteiger partial charge in [0.1, 0.15) is 5.82 Å². The zero-order valence-electron chi connectivity index (χ0n) is 17.2. The fraction of sp³-hybridized carbons (Fsp3) is 0.700. The molecule has 1 atom stereocenters. The Kier molecular flexibility index (Phi) is 7.24. The van der Waals surface area contributed by atoms with E-state index < -0.39 is 0 Å². The molecule has 3 heterocycles. The van der Waals surface area contributed by atoms with Gasteiger partial charge in [-0.25, -0.2) is 4.98 Å². The van der Waals surface area contributed by atoms with Gasteiger partial charge >= 0.3 is 0 Å². The molecule has 150 valence electrons. The summed E-state index contributed by atoms with van der Waals surface area (Å²) in [6, 6.07) is 4.33. The van der Waals surface area contributed by atoms with Crippen molar-refractivity contribution >= 4 is 23.5 Å². The first kappa shape index (κ1) is 20.3. The van der Waals surface area contributed by atoms with Crippen LogP contribution in [0.3, 0.4) is 0 Å². The van der Waals surface area contributed by atoms with Crippen molar-refractivity contribution in [1.29, 1.82) is 0 Å². The maximum atomic E-state index is 4.69. The fourth-order valence-electron chi connectivity index (χ4n) is 3.53. The number of nitrogens with zero attached hydrogens (tertiary/aromatic N) is 5. The van der Waals surface area contributed by atoms with Crippen LogP contribution in [-0.2, 0) is 6.54 Å². The lowest BCUT2D eigenvalue weighted by atomic mass is 10.1. The second-order valence-electron chi connectivity index (χ2n) is 7.82. The van der Waals surface area contributed by atoms with E-state index in [-0.39, 0.29) is 0 Å². The molecule has 7 heteroatoms. The summed E-state index contributed by atoms with van der Waals surface area (Å²) in [5.41, 5.74) is 1.20. The van der Waals surface area contributed by atoms with Crippen molar-refractivity contribution in [2.24, 2.45) is 10.9 Å². The fourth-order valence-corrected chi connectivity index (χ4v) is 4.83. The summed E-state index contributed by atoms with van der Waals surface area (Å²) >= 11 is 2.09. The molecule has 0 aliphatic carbocycles. The maximum absolute atomic E-state index is 4.69. The van der Waals surface area contributed by atoms with Gasteiger partial charge in [-0.05, 0) is 24.6 Å². The first-order valence-electron chi connectivity index (χ1n) is 10.0. The number of aromatic nitrogens is 1. The predicted octanol–water partition coefficient (Wildman–Crippen LogP) is 1.98. The van der Waals surface area contributed by atoms with Crippen molar-refractivity contribution in [2.75, 3.05) is 64.0 Å². The lowest BCUT2D eigenvalue weighted by Gasteiger charge is -2.36. The Morgan fingerprint density at radius 3 is 2.67 bits per heavy atom. The highest BCUT2D eigenvalue weighted by atomic mass is 32.2. The second kappa shape index (κ2) is 9.64. The van der Waals surface area contributed by atoms with Crippen LogP contribution in [0.4, 0.5) is 5.82 Å². The number of rotatable bonds is 4. The summed E-state index contributed by atoms with van der Waals surface area (Å²) in [5, 5.41) is 4.21. The average molecular weight is 391 g/mol. The molecular formula is C20H34N6S. The summed E-state index contributed by atoms with van der Waals surface area (Å²) in [5.74, 6) is 3.96. The molecule has 2 aliphatic rings. The Morgan fingerprint density at radius 1 is 1.26 bits per heavy atom. The van der Waals surface area contributed by atoms with Crippen LogP contribution in [0, 0.1) is 5.92 Å². The second-order valence-corrected chi connectivity index (χ2v) is 9.16. The number of guanidine groups is 1. The van der Waals surface area contributed by atoms with Gasteiger partial charge < -0.3 is 20.0 Å². The Balaban J connectivity index is 1.52. The highest BCUT2D eigenvalue weighted by Gasteiger charge is 2.24. The molecule has 2 aliphatic heterocycles. The van der Waals surface area contributed by atoms with Crippen molar-refractivity contribution in [3.63, 3.8) is 0 Å². The van der Waals surface area contributed by atoms with E-state index in [2.05, 4.69) is 74.8 Å². The monoisotopic (exact) mass is 390 g/mol. The van der Waals surface area contributed by atoms with Crippen LogP contribution in [0.2, 0.25) is 0 Å². The van der Waals surface area contributed by atoms with Crippen LogP contribution in [0.25, 0.3) is 0 Å². The van der Waals surface area contributed by atoms with Gasteiger partial charge in [-0.3, -0.25) is 4.99 Å². The van der Waals surface area contributed by atoms with Crippen molar-refractivity contribution in [2.45, 2.75) is 25.6 Å². The molecular weight excluding hydrogens is 356 g/mol. The zero-order chi connectivity index (χ0) is 19.2. The van der Waals surface area contributed by atoms with Gasteiger partial charge in [-0.1, -0.05) is 19.9 Å². The molecule has 2 saturated heterocycles. The standard InChI is InChI=1S/C20H34N6S/c1-16(2)18-15-26(11-12-27-18)20(21-3)23-14-17-5-6-19(22-13-17)25-9-7-24(4)8-10-25/h5-6,13,16,18H,7-12,14-15H2,1-4H3,(H,21,23). The lowest BCUT2D eigenvalue weighted by Crippen LogP contribution is -2.48. The van der Waals surface area contributed by atoms with Crippen molar-refractivity contribution in [3.8, 4) is 0 Å². The summed E-state index contributed by atoms with van der Waals surface area (Å²) in [6.07, 6.45) is 2.00. The average Bonchev–Trinajstić information content (AvgIpc) is 2.70. The van der Waals surface area contributed by atoms with E-state index >= 15 is 0 Å². The van der Waals surface area contributed by atoms with Gasteiger partial charge in [0.2, 0.25) is 0 Å². The number of thioether (sulfide) groups is 1. The number of anilines is 1. The van der Waals surface area contributed by atoms with Crippen LogP contribution in [0.1, 0.15) is 19.4 Å². The number of pyridine rings is 1. The summed E-state index contributed by atoms with van der Waals surface area (Å²) in [4.78, 5) is 16.3. The van der Waals surface area contributed by atoms with Crippen molar-refractivity contribution < 1.29 is 0 Å². The Hall–Kier alpha value is -1.47. The lowest BCUT2D eigenvalue weighted by molar-refractivity contribution is 0.312. The highest BCUT2D eigenvalue weighted by molar-refractivity contribution is 8.00. The molecule has 0 spiro atoms. The van der Waals surface area contributed by atoms with Crippen LogP contribution < -0.4 is 10.2 Å². The maximum Gasteiger partial charge on any atom is 0.193 e. The molecule has 0 amide bonds. The molecule has 1 aromatic heterocycles. The number of nitrogens with one attached hydrogen (secondary N) is 1. The minimum Gasteiger partial charge on any atom is -0.354 e. The van der Waals surface area contributed by atoms with Gasteiger partial charge in [0.25, 0.3) is 0 Å². The number of piperazine rings is 1. The normalized spacial score (nSPS) is 22.4. The third-order valence-electron chi connectivity index (χ3n) is 5.44. The highest BCUT2D eigenvalue weighted by Crippen LogP contribution is 2.24. The van der Waals surface area contributed by atoms with Crippen LogP contribution >= 0.6 is 11.8 Å². The molecule has 0 radical (unpaired) electrons. The molecule has 6 nitrogen and oxygen atoms in total. The first-order valence-corrected chi connectivity index (χ1v) is 11.1. The Morgan fingerprint density at radius 2 is 2.04 bits per heavy atom. The number of aliphatic imine (C=N–C) groups is 1. The van der Waals surface area contributed by atoms with Crippen LogP contribution in [0.5, 0.6) is 0 Å².